The van der Waals surface area contributed by atoms with Crippen molar-refractivity contribution < 1.29 is 23.1 Å². The van der Waals surface area contributed by atoms with Gasteiger partial charge >= 0.3 is 5.97 Å². The van der Waals surface area contributed by atoms with Crippen LogP contribution in [0.25, 0.3) is 6.08 Å². The number of aliphatic carboxylic acids is 1. The van der Waals surface area contributed by atoms with E-state index in [1.54, 1.807) is 67.6 Å². The number of nitrogens with zero attached hydrogens (tertiary/aromatic N) is 2. The molecule has 0 bridgehead atoms. The second-order valence-electron chi connectivity index (χ2n) is 8.51. The second-order valence-corrected chi connectivity index (χ2v) is 10.4. The van der Waals surface area contributed by atoms with Crippen molar-refractivity contribution in [2.75, 3.05) is 29.7 Å². The number of nitrogen functional groups attached to an aromatic ring is 1. The number of carbonyl (C=O) groups is 1. The number of halogens is 2. The minimum atomic E-state index is -4.14. The van der Waals surface area contributed by atoms with Gasteiger partial charge in [-0.2, -0.15) is 0 Å². The molecule has 0 spiro atoms. The van der Waals surface area contributed by atoms with Gasteiger partial charge in [0, 0.05) is 31.5 Å². The maximum absolute atomic E-state index is 12.8. The molecule has 0 amide bonds. The Morgan fingerprint density at radius 1 is 1.16 bits per heavy atom. The average Bonchev–Trinajstić information content (AvgIpc) is 2.82. The van der Waals surface area contributed by atoms with Crippen LogP contribution in [-0.2, 0) is 14.8 Å². The van der Waals surface area contributed by atoms with Gasteiger partial charge in [0.25, 0.3) is 0 Å². The van der Waals surface area contributed by atoms with Crippen molar-refractivity contribution in [2.24, 2.45) is 5.73 Å². The van der Waals surface area contributed by atoms with Gasteiger partial charge in [0.15, 0.2) is 5.75 Å². The van der Waals surface area contributed by atoms with Gasteiger partial charge in [-0.3, -0.25) is 19.9 Å². The maximum Gasteiger partial charge on any atom is 0.320 e. The zero-order valence-corrected chi connectivity index (χ0v) is 23.3. The number of likely N-dealkylation sites (tertiary alicyclic amines) is 1. The minimum absolute atomic E-state index is 0. The number of benzene rings is 2. The molecule has 0 aliphatic carbocycles. The lowest BCUT2D eigenvalue weighted by Crippen LogP contribution is -2.40. The standard InChI is InChI=1S/C25H31N5O5S.2ClH/c1-18(26)29-14-11-23(12-15-29)35-22-9-7-21(8-10-22)30(36(33,34)17-24(31)32)13-3-5-19-4-2-6-20(16-19)25(27)28;;/h2-10,16,23,26H,11-15,17H2,1H3,(H3,27,28)(H,31,32);2*1H/b5-3+,26-18?;;. The lowest BCUT2D eigenvalue weighted by atomic mass is 10.1. The molecule has 3 rings (SSSR count). The quantitative estimate of drug-likeness (QED) is 0.244. The molecular weight excluding hydrogens is 553 g/mol. The number of anilines is 1. The van der Waals surface area contributed by atoms with Crippen LogP contribution in [0.15, 0.2) is 54.6 Å². The average molecular weight is 587 g/mol. The number of amidine groups is 2. The molecule has 0 aromatic heterocycles. The summed E-state index contributed by atoms with van der Waals surface area (Å²) in [7, 11) is -4.14. The van der Waals surface area contributed by atoms with Gasteiger partial charge in [0.05, 0.1) is 18.1 Å². The molecule has 13 heteroatoms. The summed E-state index contributed by atoms with van der Waals surface area (Å²) in [6.07, 6.45) is 4.88. The van der Waals surface area contributed by atoms with Crippen molar-refractivity contribution >= 4 is 64.2 Å². The smallest absolute Gasteiger partial charge is 0.320 e. The highest BCUT2D eigenvalue weighted by Gasteiger charge is 2.25. The number of rotatable bonds is 10. The summed E-state index contributed by atoms with van der Waals surface area (Å²) >= 11 is 0. The van der Waals surface area contributed by atoms with E-state index in [0.717, 1.165) is 35.8 Å². The first-order valence-electron chi connectivity index (χ1n) is 11.4. The number of carboxylic acid groups (broad SMARTS) is 1. The second kappa shape index (κ2) is 14.6. The Morgan fingerprint density at radius 3 is 2.34 bits per heavy atom. The molecule has 10 nitrogen and oxygen atoms in total. The number of nitrogens with two attached hydrogens (primary N) is 1. The van der Waals surface area contributed by atoms with Crippen LogP contribution in [0.4, 0.5) is 5.69 Å². The zero-order valence-electron chi connectivity index (χ0n) is 20.9. The molecule has 0 atom stereocenters. The predicted molar refractivity (Wildman–Crippen MR) is 155 cm³/mol. The summed E-state index contributed by atoms with van der Waals surface area (Å²) in [5.41, 5.74) is 7.11. The molecule has 2 aromatic rings. The number of piperidine rings is 1. The molecular formula is C25H33Cl2N5O5S. The van der Waals surface area contributed by atoms with Gasteiger partial charge in [-0.05, 0) is 42.8 Å². The fourth-order valence-corrected chi connectivity index (χ4v) is 5.12. The van der Waals surface area contributed by atoms with Gasteiger partial charge in [0.2, 0.25) is 10.0 Å². The van der Waals surface area contributed by atoms with E-state index in [4.69, 9.17) is 26.4 Å². The van der Waals surface area contributed by atoms with Crippen molar-refractivity contribution in [3.05, 3.63) is 65.7 Å². The first-order valence-corrected chi connectivity index (χ1v) is 13.1. The Labute approximate surface area is 235 Å². The van der Waals surface area contributed by atoms with Crippen LogP contribution in [0.2, 0.25) is 0 Å². The SMILES string of the molecule is CC(=N)N1CCC(Oc2ccc(N(C/C=C/c3cccc(C(=N)N)c3)S(=O)(=O)CC(=O)O)cc2)CC1.Cl.Cl. The van der Waals surface area contributed by atoms with E-state index in [-0.39, 0.29) is 43.3 Å². The minimum Gasteiger partial charge on any atom is -0.490 e. The summed E-state index contributed by atoms with van der Waals surface area (Å²) in [5, 5.41) is 24.4. The van der Waals surface area contributed by atoms with Crippen molar-refractivity contribution in [1.29, 1.82) is 10.8 Å². The molecule has 2 aromatic carbocycles. The topological polar surface area (TPSA) is 161 Å². The molecule has 38 heavy (non-hydrogen) atoms. The third kappa shape index (κ3) is 9.23. The fourth-order valence-electron chi connectivity index (χ4n) is 3.90. The highest BCUT2D eigenvalue weighted by molar-refractivity contribution is 7.93. The summed E-state index contributed by atoms with van der Waals surface area (Å²) in [4.78, 5) is 13.2. The molecule has 0 radical (unpaired) electrons. The summed E-state index contributed by atoms with van der Waals surface area (Å²) in [5.74, 6) is -1.42. The summed E-state index contributed by atoms with van der Waals surface area (Å²) < 4.78 is 32.7. The van der Waals surface area contributed by atoms with Crippen LogP contribution in [0.1, 0.15) is 30.9 Å². The number of hydrogen-bond donors (Lipinski definition) is 4. The number of ether oxygens (including phenoxy) is 1. The first-order chi connectivity index (χ1) is 17.0. The van der Waals surface area contributed by atoms with Gasteiger partial charge in [-0.1, -0.05) is 30.4 Å². The Morgan fingerprint density at radius 2 is 1.79 bits per heavy atom. The number of nitrogens with one attached hydrogen (secondary N) is 2. The van der Waals surface area contributed by atoms with E-state index < -0.39 is 21.7 Å². The lowest BCUT2D eigenvalue weighted by molar-refractivity contribution is -0.134. The molecule has 1 aliphatic rings. The molecule has 1 aliphatic heterocycles. The maximum atomic E-state index is 12.8. The Hall–Kier alpha value is -3.28. The highest BCUT2D eigenvalue weighted by atomic mass is 35.5. The summed E-state index contributed by atoms with van der Waals surface area (Å²) in [6, 6.07) is 13.5. The van der Waals surface area contributed by atoms with Gasteiger partial charge in [-0.15, -0.1) is 24.8 Å². The van der Waals surface area contributed by atoms with Crippen LogP contribution >= 0.6 is 24.8 Å². The number of hydrogen-bond acceptors (Lipinski definition) is 6. The molecule has 5 N–H and O–H groups in total. The van der Waals surface area contributed by atoms with Crippen LogP contribution in [0.5, 0.6) is 5.75 Å². The van der Waals surface area contributed by atoms with Gasteiger partial charge in [0.1, 0.15) is 17.7 Å². The van der Waals surface area contributed by atoms with E-state index in [1.165, 1.54) is 0 Å². The van der Waals surface area contributed by atoms with E-state index in [9.17, 15) is 13.2 Å². The molecule has 1 fully saturated rings. The molecule has 1 saturated heterocycles. The Bertz CT molecular complexity index is 1250. The molecule has 1 heterocycles. The van der Waals surface area contributed by atoms with Crippen molar-refractivity contribution in [3.8, 4) is 5.75 Å². The first kappa shape index (κ1) is 32.7. The van der Waals surface area contributed by atoms with E-state index >= 15 is 0 Å². The third-order valence-electron chi connectivity index (χ3n) is 5.76. The van der Waals surface area contributed by atoms with Gasteiger partial charge < -0.3 is 20.5 Å². The normalized spacial score (nSPS) is 13.8. The Kier molecular flexibility index (Phi) is 12.6. The largest absolute Gasteiger partial charge is 0.490 e. The molecule has 208 valence electrons. The highest BCUT2D eigenvalue weighted by Crippen LogP contribution is 2.25. The fraction of sp³-hybridized carbons (Fsp3) is 0.320. The monoisotopic (exact) mass is 585 g/mol. The van der Waals surface area contributed by atoms with E-state index in [0.29, 0.717) is 22.8 Å². The molecule has 0 unspecified atom stereocenters. The summed E-state index contributed by atoms with van der Waals surface area (Å²) in [6.45, 7) is 3.19. The van der Waals surface area contributed by atoms with Gasteiger partial charge in [-0.25, -0.2) is 8.42 Å². The van der Waals surface area contributed by atoms with Crippen molar-refractivity contribution in [2.45, 2.75) is 25.9 Å². The zero-order chi connectivity index (χ0) is 26.3. The Balaban J connectivity index is 0.00000361. The number of carboxylic acids is 1. The van der Waals surface area contributed by atoms with Crippen molar-refractivity contribution in [3.63, 3.8) is 0 Å². The van der Waals surface area contributed by atoms with Crippen LogP contribution in [-0.4, -0.2) is 67.6 Å². The van der Waals surface area contributed by atoms with Crippen LogP contribution < -0.4 is 14.8 Å². The lowest BCUT2D eigenvalue weighted by Gasteiger charge is -2.32. The van der Waals surface area contributed by atoms with E-state index in [2.05, 4.69) is 0 Å². The van der Waals surface area contributed by atoms with E-state index in [1.807, 2.05) is 4.90 Å². The molecule has 0 saturated carbocycles. The van der Waals surface area contributed by atoms with Crippen LogP contribution in [0, 0.1) is 10.8 Å². The number of sulfonamides is 1. The van der Waals surface area contributed by atoms with Crippen molar-refractivity contribution in [1.82, 2.24) is 4.90 Å². The third-order valence-corrected chi connectivity index (χ3v) is 7.41. The van der Waals surface area contributed by atoms with Crippen LogP contribution in [0.3, 0.4) is 0 Å². The predicted octanol–water partition coefficient (Wildman–Crippen LogP) is 3.59.